The number of benzene rings is 1. The molecule has 0 spiro atoms. The third-order valence-corrected chi connectivity index (χ3v) is 2.24. The monoisotopic (exact) mass is 239 g/mol. The van der Waals surface area contributed by atoms with Crippen LogP contribution in [0, 0.1) is 5.82 Å². The third-order valence-electron chi connectivity index (χ3n) is 2.24. The zero-order chi connectivity index (χ0) is 12.7. The number of carbonyl (C=O) groups is 2. The van der Waals surface area contributed by atoms with E-state index in [4.69, 9.17) is 0 Å². The maximum atomic E-state index is 13.2. The highest BCUT2D eigenvalue weighted by atomic mass is 19.1. The normalized spacial score (nSPS) is 9.76. The van der Waals surface area contributed by atoms with Gasteiger partial charge in [-0.25, -0.2) is 4.39 Å². The molecular formula is C12H14FNO3. The van der Waals surface area contributed by atoms with Gasteiger partial charge in [-0.05, 0) is 18.1 Å². The fourth-order valence-corrected chi connectivity index (χ4v) is 1.28. The van der Waals surface area contributed by atoms with Crippen LogP contribution in [-0.2, 0) is 20.7 Å². The van der Waals surface area contributed by atoms with Gasteiger partial charge in [0, 0.05) is 6.42 Å². The minimum absolute atomic E-state index is 0.137. The van der Waals surface area contributed by atoms with E-state index in [-0.39, 0.29) is 24.7 Å². The van der Waals surface area contributed by atoms with Crippen LogP contribution in [0.4, 0.5) is 4.39 Å². The highest BCUT2D eigenvalue weighted by molar-refractivity contribution is 5.81. The van der Waals surface area contributed by atoms with Crippen LogP contribution < -0.4 is 5.32 Å². The quantitative estimate of drug-likeness (QED) is 0.781. The van der Waals surface area contributed by atoms with Gasteiger partial charge in [0.15, 0.2) is 0 Å². The van der Waals surface area contributed by atoms with E-state index in [1.807, 2.05) is 0 Å². The molecule has 0 aromatic heterocycles. The topological polar surface area (TPSA) is 55.4 Å². The van der Waals surface area contributed by atoms with Gasteiger partial charge < -0.3 is 10.1 Å². The molecular weight excluding hydrogens is 225 g/mol. The lowest BCUT2D eigenvalue weighted by atomic mass is 10.1. The lowest BCUT2D eigenvalue weighted by molar-refractivity contribution is -0.141. The lowest BCUT2D eigenvalue weighted by Gasteiger charge is -2.04. The standard InChI is InChI=1S/C12H14FNO3/c1-17-12(16)8-14-11(15)7-6-9-4-2-3-5-10(9)13/h2-5H,6-8H2,1H3,(H,14,15). The van der Waals surface area contributed by atoms with E-state index < -0.39 is 5.97 Å². The van der Waals surface area contributed by atoms with Crippen molar-refractivity contribution in [1.29, 1.82) is 0 Å². The Morgan fingerprint density at radius 2 is 2.06 bits per heavy atom. The first kappa shape index (κ1) is 13.2. The van der Waals surface area contributed by atoms with Crippen LogP contribution in [0.2, 0.25) is 0 Å². The molecule has 0 aliphatic carbocycles. The predicted octanol–water partition coefficient (Wildman–Crippen LogP) is 1.05. The molecule has 0 radical (unpaired) electrons. The van der Waals surface area contributed by atoms with Crippen molar-refractivity contribution in [2.45, 2.75) is 12.8 Å². The summed E-state index contributed by atoms with van der Waals surface area (Å²) in [7, 11) is 1.24. The Morgan fingerprint density at radius 3 is 2.71 bits per heavy atom. The molecule has 0 aliphatic heterocycles. The van der Waals surface area contributed by atoms with Gasteiger partial charge in [-0.2, -0.15) is 0 Å². The first-order valence-corrected chi connectivity index (χ1v) is 5.20. The Bertz CT molecular complexity index is 406. The van der Waals surface area contributed by atoms with Crippen LogP contribution in [0.15, 0.2) is 24.3 Å². The Kier molecular flexibility index (Phi) is 5.13. The number of rotatable bonds is 5. The SMILES string of the molecule is COC(=O)CNC(=O)CCc1ccccc1F. The molecule has 0 heterocycles. The molecule has 1 aromatic rings. The van der Waals surface area contributed by atoms with E-state index in [0.29, 0.717) is 12.0 Å². The summed E-state index contributed by atoms with van der Waals surface area (Å²) in [6.45, 7) is -0.160. The third kappa shape index (κ3) is 4.63. The largest absolute Gasteiger partial charge is 0.468 e. The van der Waals surface area contributed by atoms with Gasteiger partial charge >= 0.3 is 5.97 Å². The van der Waals surface area contributed by atoms with E-state index in [1.54, 1.807) is 18.2 Å². The molecule has 92 valence electrons. The number of methoxy groups -OCH3 is 1. The van der Waals surface area contributed by atoms with E-state index in [9.17, 15) is 14.0 Å². The van der Waals surface area contributed by atoms with E-state index in [1.165, 1.54) is 13.2 Å². The van der Waals surface area contributed by atoms with Gasteiger partial charge in [-0.1, -0.05) is 18.2 Å². The minimum atomic E-state index is -0.510. The van der Waals surface area contributed by atoms with Gasteiger partial charge in [0.05, 0.1) is 7.11 Å². The van der Waals surface area contributed by atoms with Gasteiger partial charge in [0.2, 0.25) is 5.91 Å². The fraction of sp³-hybridized carbons (Fsp3) is 0.333. The molecule has 0 fully saturated rings. The van der Waals surface area contributed by atoms with E-state index in [2.05, 4.69) is 10.1 Å². The number of nitrogens with one attached hydrogen (secondary N) is 1. The zero-order valence-corrected chi connectivity index (χ0v) is 9.53. The maximum absolute atomic E-state index is 13.2. The van der Waals surface area contributed by atoms with Crippen molar-refractivity contribution in [2.75, 3.05) is 13.7 Å². The number of hydrogen-bond donors (Lipinski definition) is 1. The van der Waals surface area contributed by atoms with Crippen molar-refractivity contribution in [3.8, 4) is 0 Å². The molecule has 1 N–H and O–H groups in total. The second-order valence-electron chi connectivity index (χ2n) is 3.44. The number of ether oxygens (including phenoxy) is 1. The minimum Gasteiger partial charge on any atom is -0.468 e. The van der Waals surface area contributed by atoms with Crippen LogP contribution in [0.1, 0.15) is 12.0 Å². The molecule has 0 saturated heterocycles. The molecule has 0 aliphatic rings. The van der Waals surface area contributed by atoms with Crippen molar-refractivity contribution in [3.05, 3.63) is 35.6 Å². The summed E-state index contributed by atoms with van der Waals surface area (Å²) in [6, 6.07) is 6.28. The molecule has 1 aromatic carbocycles. The first-order chi connectivity index (χ1) is 8.13. The van der Waals surface area contributed by atoms with Crippen LogP contribution in [0.5, 0.6) is 0 Å². The van der Waals surface area contributed by atoms with Gasteiger partial charge in [-0.15, -0.1) is 0 Å². The van der Waals surface area contributed by atoms with Crippen molar-refractivity contribution in [2.24, 2.45) is 0 Å². The maximum Gasteiger partial charge on any atom is 0.325 e. The summed E-state index contributed by atoms with van der Waals surface area (Å²) in [5, 5.41) is 2.39. The molecule has 4 nitrogen and oxygen atoms in total. The van der Waals surface area contributed by atoms with Crippen molar-refractivity contribution >= 4 is 11.9 Å². The Morgan fingerprint density at radius 1 is 1.35 bits per heavy atom. The Balaban J connectivity index is 2.34. The van der Waals surface area contributed by atoms with Gasteiger partial charge in [0.25, 0.3) is 0 Å². The second kappa shape index (κ2) is 6.62. The highest BCUT2D eigenvalue weighted by Gasteiger charge is 2.07. The molecule has 0 unspecified atom stereocenters. The fourth-order valence-electron chi connectivity index (χ4n) is 1.28. The summed E-state index contributed by atoms with van der Waals surface area (Å²) in [6.07, 6.45) is 0.442. The molecule has 1 rings (SSSR count). The predicted molar refractivity (Wildman–Crippen MR) is 59.7 cm³/mol. The lowest BCUT2D eigenvalue weighted by Crippen LogP contribution is -2.30. The van der Waals surface area contributed by atoms with Crippen molar-refractivity contribution < 1.29 is 18.7 Å². The number of carbonyl (C=O) groups excluding carboxylic acids is 2. The molecule has 0 saturated carbocycles. The summed E-state index contributed by atoms with van der Waals surface area (Å²) in [4.78, 5) is 22.1. The van der Waals surface area contributed by atoms with Gasteiger partial charge in [0.1, 0.15) is 12.4 Å². The number of aryl methyl sites for hydroxylation is 1. The Hall–Kier alpha value is -1.91. The first-order valence-electron chi connectivity index (χ1n) is 5.20. The van der Waals surface area contributed by atoms with E-state index in [0.717, 1.165) is 0 Å². The zero-order valence-electron chi connectivity index (χ0n) is 9.53. The van der Waals surface area contributed by atoms with Crippen LogP contribution in [-0.4, -0.2) is 25.5 Å². The molecule has 5 heteroatoms. The average molecular weight is 239 g/mol. The van der Waals surface area contributed by atoms with E-state index >= 15 is 0 Å². The number of amides is 1. The van der Waals surface area contributed by atoms with Crippen LogP contribution >= 0.6 is 0 Å². The second-order valence-corrected chi connectivity index (χ2v) is 3.44. The number of hydrogen-bond acceptors (Lipinski definition) is 3. The summed E-state index contributed by atoms with van der Waals surface area (Å²) in [5.74, 6) is -1.14. The van der Waals surface area contributed by atoms with Crippen molar-refractivity contribution in [3.63, 3.8) is 0 Å². The average Bonchev–Trinajstić information content (AvgIpc) is 2.35. The summed E-state index contributed by atoms with van der Waals surface area (Å²) < 4.78 is 17.6. The van der Waals surface area contributed by atoms with Crippen molar-refractivity contribution in [1.82, 2.24) is 5.32 Å². The van der Waals surface area contributed by atoms with Crippen LogP contribution in [0.25, 0.3) is 0 Å². The number of halogens is 1. The molecule has 0 atom stereocenters. The summed E-state index contributed by atoms with van der Waals surface area (Å²) >= 11 is 0. The molecule has 1 amide bonds. The Labute approximate surface area is 98.8 Å². The van der Waals surface area contributed by atoms with Gasteiger partial charge in [-0.3, -0.25) is 9.59 Å². The number of esters is 1. The molecule has 0 bridgehead atoms. The highest BCUT2D eigenvalue weighted by Crippen LogP contribution is 2.08. The summed E-state index contributed by atoms with van der Waals surface area (Å²) in [5.41, 5.74) is 0.487. The smallest absolute Gasteiger partial charge is 0.325 e. The van der Waals surface area contributed by atoms with Crippen LogP contribution in [0.3, 0.4) is 0 Å². The molecule has 17 heavy (non-hydrogen) atoms.